The van der Waals surface area contributed by atoms with E-state index in [2.05, 4.69) is 6.58 Å². The highest BCUT2D eigenvalue weighted by Gasteiger charge is 2.21. The summed E-state index contributed by atoms with van der Waals surface area (Å²) in [5.74, 6) is 0.832. The van der Waals surface area contributed by atoms with E-state index >= 15 is 0 Å². The van der Waals surface area contributed by atoms with Crippen LogP contribution in [0.1, 0.15) is 26.2 Å². The molecule has 0 N–H and O–H groups in total. The van der Waals surface area contributed by atoms with Crippen LogP contribution in [0.25, 0.3) is 0 Å². The molecule has 0 unspecified atom stereocenters. The fraction of sp³-hybridized carbons (Fsp3) is 0.700. The number of rotatable bonds is 4. The Morgan fingerprint density at radius 2 is 2.33 bits per heavy atom. The van der Waals surface area contributed by atoms with Crippen molar-refractivity contribution in [1.82, 2.24) is 4.90 Å². The van der Waals surface area contributed by atoms with Gasteiger partial charge in [0.05, 0.1) is 0 Å². The first kappa shape index (κ1) is 9.30. The molecule has 0 atom stereocenters. The Labute approximate surface area is 74.2 Å². The molecule has 0 radical (unpaired) electrons. The number of hydrogen-bond acceptors (Lipinski definition) is 1. The van der Waals surface area contributed by atoms with E-state index in [-0.39, 0.29) is 5.91 Å². The zero-order valence-electron chi connectivity index (χ0n) is 7.75. The summed E-state index contributed by atoms with van der Waals surface area (Å²) in [4.78, 5) is 13.1. The van der Waals surface area contributed by atoms with Gasteiger partial charge in [-0.2, -0.15) is 0 Å². The maximum absolute atomic E-state index is 11.2. The van der Waals surface area contributed by atoms with Gasteiger partial charge in [-0.15, -0.1) is 0 Å². The monoisotopic (exact) mass is 167 g/mol. The number of nitrogens with zero attached hydrogens (tertiary/aromatic N) is 1. The molecule has 1 aliphatic rings. The van der Waals surface area contributed by atoms with E-state index in [0.717, 1.165) is 19.0 Å². The van der Waals surface area contributed by atoms with Gasteiger partial charge in [0.15, 0.2) is 0 Å². The Kier molecular flexibility index (Phi) is 3.32. The zero-order chi connectivity index (χ0) is 8.97. The molecule has 1 rings (SSSR count). The van der Waals surface area contributed by atoms with Gasteiger partial charge in [-0.05, 0) is 31.8 Å². The van der Waals surface area contributed by atoms with Gasteiger partial charge >= 0.3 is 0 Å². The Morgan fingerprint density at radius 1 is 1.67 bits per heavy atom. The number of carbonyl (C=O) groups is 1. The summed E-state index contributed by atoms with van der Waals surface area (Å²) in [5.41, 5.74) is 0. The van der Waals surface area contributed by atoms with Crippen LogP contribution in [0.4, 0.5) is 0 Å². The molecule has 0 aromatic carbocycles. The SMILES string of the molecule is C=CC(=O)N(CC)CC1CCC1. The summed E-state index contributed by atoms with van der Waals surface area (Å²) in [6.07, 6.45) is 5.33. The van der Waals surface area contributed by atoms with Gasteiger partial charge < -0.3 is 4.90 Å². The fourth-order valence-corrected chi connectivity index (χ4v) is 1.49. The summed E-state index contributed by atoms with van der Waals surface area (Å²) in [7, 11) is 0. The maximum atomic E-state index is 11.2. The number of hydrogen-bond donors (Lipinski definition) is 0. The number of likely N-dealkylation sites (N-methyl/N-ethyl adjacent to an activating group) is 1. The first-order chi connectivity index (χ1) is 5.77. The largest absolute Gasteiger partial charge is 0.339 e. The van der Waals surface area contributed by atoms with Gasteiger partial charge in [-0.1, -0.05) is 13.0 Å². The predicted molar refractivity (Wildman–Crippen MR) is 49.8 cm³/mol. The average molecular weight is 167 g/mol. The third-order valence-electron chi connectivity index (χ3n) is 2.57. The standard InChI is InChI=1S/C10H17NO/c1-3-10(12)11(4-2)8-9-6-5-7-9/h3,9H,1,4-8H2,2H3. The van der Waals surface area contributed by atoms with Gasteiger partial charge in [0, 0.05) is 13.1 Å². The second-order valence-electron chi connectivity index (χ2n) is 3.38. The minimum atomic E-state index is 0.0735. The van der Waals surface area contributed by atoms with Crippen LogP contribution in [-0.4, -0.2) is 23.9 Å². The van der Waals surface area contributed by atoms with Crippen molar-refractivity contribution in [3.05, 3.63) is 12.7 Å². The Hall–Kier alpha value is -0.790. The lowest BCUT2D eigenvalue weighted by Crippen LogP contribution is -2.36. The number of amides is 1. The Morgan fingerprint density at radius 3 is 2.67 bits per heavy atom. The molecule has 1 saturated carbocycles. The lowest BCUT2D eigenvalue weighted by molar-refractivity contribution is -0.126. The molecule has 2 heteroatoms. The lowest BCUT2D eigenvalue weighted by atomic mass is 9.85. The molecule has 1 fully saturated rings. The minimum absolute atomic E-state index is 0.0735. The van der Waals surface area contributed by atoms with Crippen molar-refractivity contribution in [3.63, 3.8) is 0 Å². The molecule has 0 heterocycles. The van der Waals surface area contributed by atoms with Gasteiger partial charge in [-0.3, -0.25) is 4.79 Å². The van der Waals surface area contributed by atoms with E-state index in [0.29, 0.717) is 0 Å². The van der Waals surface area contributed by atoms with Crippen LogP contribution in [0.15, 0.2) is 12.7 Å². The Balaban J connectivity index is 2.33. The minimum Gasteiger partial charge on any atom is -0.339 e. The third kappa shape index (κ3) is 2.10. The van der Waals surface area contributed by atoms with Crippen LogP contribution >= 0.6 is 0 Å². The van der Waals surface area contributed by atoms with Gasteiger partial charge in [-0.25, -0.2) is 0 Å². The quantitative estimate of drug-likeness (QED) is 0.585. The average Bonchev–Trinajstić information content (AvgIpc) is 2.02. The molecule has 0 aliphatic heterocycles. The molecule has 12 heavy (non-hydrogen) atoms. The maximum Gasteiger partial charge on any atom is 0.245 e. The van der Waals surface area contributed by atoms with E-state index in [1.54, 1.807) is 0 Å². The molecule has 0 saturated heterocycles. The van der Waals surface area contributed by atoms with Crippen molar-refractivity contribution < 1.29 is 4.79 Å². The van der Waals surface area contributed by atoms with Crippen molar-refractivity contribution in [1.29, 1.82) is 0 Å². The molecule has 0 bridgehead atoms. The van der Waals surface area contributed by atoms with Crippen LogP contribution < -0.4 is 0 Å². The van der Waals surface area contributed by atoms with E-state index in [1.807, 2.05) is 11.8 Å². The predicted octanol–water partition coefficient (Wildman–Crippen LogP) is 1.82. The van der Waals surface area contributed by atoms with Gasteiger partial charge in [0.25, 0.3) is 0 Å². The van der Waals surface area contributed by atoms with Crippen LogP contribution in [0.2, 0.25) is 0 Å². The van der Waals surface area contributed by atoms with E-state index < -0.39 is 0 Å². The second-order valence-corrected chi connectivity index (χ2v) is 3.38. The Bertz CT molecular complexity index is 173. The molecular formula is C10H17NO. The topological polar surface area (TPSA) is 20.3 Å². The molecule has 2 nitrogen and oxygen atoms in total. The number of carbonyl (C=O) groups excluding carboxylic acids is 1. The van der Waals surface area contributed by atoms with Crippen molar-refractivity contribution in [2.24, 2.45) is 5.92 Å². The van der Waals surface area contributed by atoms with Crippen molar-refractivity contribution in [2.75, 3.05) is 13.1 Å². The highest BCUT2D eigenvalue weighted by atomic mass is 16.2. The normalized spacial score (nSPS) is 16.8. The summed E-state index contributed by atoms with van der Waals surface area (Å²) >= 11 is 0. The van der Waals surface area contributed by atoms with Gasteiger partial charge in [0.1, 0.15) is 0 Å². The summed E-state index contributed by atoms with van der Waals surface area (Å²) < 4.78 is 0. The van der Waals surface area contributed by atoms with Gasteiger partial charge in [0.2, 0.25) is 5.91 Å². The molecule has 1 amide bonds. The first-order valence-corrected chi connectivity index (χ1v) is 4.69. The van der Waals surface area contributed by atoms with E-state index in [4.69, 9.17) is 0 Å². The summed E-state index contributed by atoms with van der Waals surface area (Å²) in [5, 5.41) is 0. The molecule has 1 aliphatic carbocycles. The molecule has 0 aromatic rings. The zero-order valence-corrected chi connectivity index (χ0v) is 7.75. The molecule has 68 valence electrons. The van der Waals surface area contributed by atoms with Crippen molar-refractivity contribution in [2.45, 2.75) is 26.2 Å². The molecule has 0 spiro atoms. The highest BCUT2D eigenvalue weighted by Crippen LogP contribution is 2.26. The van der Waals surface area contributed by atoms with Crippen molar-refractivity contribution >= 4 is 5.91 Å². The molecule has 0 aromatic heterocycles. The lowest BCUT2D eigenvalue weighted by Gasteiger charge is -2.31. The highest BCUT2D eigenvalue weighted by molar-refractivity contribution is 5.86. The third-order valence-corrected chi connectivity index (χ3v) is 2.57. The second kappa shape index (κ2) is 4.29. The van der Waals surface area contributed by atoms with Crippen LogP contribution in [-0.2, 0) is 4.79 Å². The smallest absolute Gasteiger partial charge is 0.245 e. The van der Waals surface area contributed by atoms with E-state index in [1.165, 1.54) is 25.3 Å². The van der Waals surface area contributed by atoms with Crippen LogP contribution in [0, 0.1) is 5.92 Å². The summed E-state index contributed by atoms with van der Waals surface area (Å²) in [6.45, 7) is 7.24. The summed E-state index contributed by atoms with van der Waals surface area (Å²) in [6, 6.07) is 0. The molecular weight excluding hydrogens is 150 g/mol. The van der Waals surface area contributed by atoms with Crippen LogP contribution in [0.5, 0.6) is 0 Å². The fourth-order valence-electron chi connectivity index (χ4n) is 1.49. The van der Waals surface area contributed by atoms with E-state index in [9.17, 15) is 4.79 Å². The first-order valence-electron chi connectivity index (χ1n) is 4.69. The van der Waals surface area contributed by atoms with Crippen molar-refractivity contribution in [3.8, 4) is 0 Å². The van der Waals surface area contributed by atoms with Crippen LogP contribution in [0.3, 0.4) is 0 Å².